The molecule has 7 nitrogen and oxygen atoms in total. The first-order valence-corrected chi connectivity index (χ1v) is 8.03. The topological polar surface area (TPSA) is 94.1 Å². The Morgan fingerprint density at radius 1 is 1.15 bits per heavy atom. The monoisotopic (exact) mass is 359 g/mol. The number of amides is 1. The van der Waals surface area contributed by atoms with Crippen LogP contribution in [0.4, 0.5) is 4.79 Å². The van der Waals surface area contributed by atoms with Gasteiger partial charge in [0.1, 0.15) is 18.1 Å². The Labute approximate surface area is 151 Å². The number of hydrogen-bond acceptors (Lipinski definition) is 6. The quantitative estimate of drug-likeness (QED) is 0.342. The van der Waals surface area contributed by atoms with Crippen molar-refractivity contribution >= 4 is 22.8 Å². The van der Waals surface area contributed by atoms with E-state index in [1.165, 1.54) is 6.92 Å². The van der Waals surface area contributed by atoms with Crippen LogP contribution in [0.5, 0.6) is 11.5 Å². The summed E-state index contributed by atoms with van der Waals surface area (Å²) in [4.78, 5) is 23.2. The lowest BCUT2D eigenvalue weighted by Crippen LogP contribution is -2.30. The molecule has 0 bridgehead atoms. The van der Waals surface area contributed by atoms with Crippen LogP contribution in [0.25, 0.3) is 10.8 Å². The molecule has 0 spiro atoms. The zero-order chi connectivity index (χ0) is 19.1. The molecule has 0 fully saturated rings. The average molecular weight is 359 g/mol. The molecule has 2 aromatic rings. The van der Waals surface area contributed by atoms with Crippen molar-refractivity contribution in [2.45, 2.75) is 20.1 Å². The van der Waals surface area contributed by atoms with Crippen LogP contribution in [-0.4, -0.2) is 36.6 Å². The molecule has 0 aliphatic carbocycles. The van der Waals surface area contributed by atoms with E-state index in [4.69, 9.17) is 14.2 Å². The minimum atomic E-state index is -0.963. The van der Waals surface area contributed by atoms with E-state index in [0.717, 1.165) is 0 Å². The number of ether oxygens (including phenoxy) is 3. The maximum atomic E-state index is 11.9. The van der Waals surface area contributed by atoms with Crippen LogP contribution in [0.3, 0.4) is 0 Å². The first-order valence-electron chi connectivity index (χ1n) is 8.03. The van der Waals surface area contributed by atoms with Crippen molar-refractivity contribution in [1.29, 1.82) is 0 Å². The van der Waals surface area contributed by atoms with Gasteiger partial charge in [-0.15, -0.1) is 0 Å². The molecule has 2 rings (SSSR count). The van der Waals surface area contributed by atoms with Gasteiger partial charge in [-0.2, -0.15) is 0 Å². The highest BCUT2D eigenvalue weighted by Gasteiger charge is 2.11. The molecule has 26 heavy (non-hydrogen) atoms. The van der Waals surface area contributed by atoms with E-state index in [9.17, 15) is 14.7 Å². The SMILES string of the molecule is C=C(C)C(=O)OCCNC(=O)Oc1cccc2c(OC(C)O)cccc12. The van der Waals surface area contributed by atoms with Gasteiger partial charge in [0.25, 0.3) is 0 Å². The van der Waals surface area contributed by atoms with E-state index >= 15 is 0 Å². The lowest BCUT2D eigenvalue weighted by atomic mass is 10.1. The second kappa shape index (κ2) is 8.87. The summed E-state index contributed by atoms with van der Waals surface area (Å²) in [7, 11) is 0. The van der Waals surface area contributed by atoms with Crippen LogP contribution in [0, 0.1) is 0 Å². The molecule has 0 heterocycles. The largest absolute Gasteiger partial charge is 0.465 e. The number of carbonyl (C=O) groups is 2. The van der Waals surface area contributed by atoms with E-state index in [1.54, 1.807) is 43.3 Å². The van der Waals surface area contributed by atoms with E-state index in [1.807, 2.05) is 0 Å². The Morgan fingerprint density at radius 3 is 2.38 bits per heavy atom. The van der Waals surface area contributed by atoms with Crippen molar-refractivity contribution < 1.29 is 28.9 Å². The van der Waals surface area contributed by atoms with Crippen LogP contribution < -0.4 is 14.8 Å². The van der Waals surface area contributed by atoms with Gasteiger partial charge in [0.2, 0.25) is 0 Å². The van der Waals surface area contributed by atoms with Gasteiger partial charge < -0.3 is 24.6 Å². The Bertz CT molecular complexity index is 815. The third kappa shape index (κ3) is 5.22. The van der Waals surface area contributed by atoms with Crippen molar-refractivity contribution in [2.75, 3.05) is 13.2 Å². The number of nitrogens with one attached hydrogen (secondary N) is 1. The maximum Gasteiger partial charge on any atom is 0.412 e. The molecule has 0 saturated heterocycles. The predicted octanol–water partition coefficient (Wildman–Crippen LogP) is 2.76. The summed E-state index contributed by atoms with van der Waals surface area (Å²) in [6, 6.07) is 10.4. The van der Waals surface area contributed by atoms with Crippen LogP contribution in [0.2, 0.25) is 0 Å². The molecule has 1 unspecified atom stereocenters. The van der Waals surface area contributed by atoms with Crippen molar-refractivity contribution in [2.24, 2.45) is 0 Å². The highest BCUT2D eigenvalue weighted by atomic mass is 16.6. The van der Waals surface area contributed by atoms with E-state index in [2.05, 4.69) is 11.9 Å². The molecular formula is C19H21NO6. The summed E-state index contributed by atoms with van der Waals surface area (Å²) in [5, 5.41) is 13.3. The molecule has 0 aliphatic rings. The standard InChI is InChI=1S/C19H21NO6/c1-12(2)18(22)24-11-10-20-19(23)26-17-9-5-6-14-15(17)7-4-8-16(14)25-13(3)21/h4-9,13,21H,1,10-11H2,2-3H3,(H,20,23). The predicted molar refractivity (Wildman–Crippen MR) is 96.1 cm³/mol. The molecule has 0 radical (unpaired) electrons. The number of aliphatic hydroxyl groups is 1. The van der Waals surface area contributed by atoms with Gasteiger partial charge in [-0.3, -0.25) is 0 Å². The second-order valence-electron chi connectivity index (χ2n) is 5.56. The fourth-order valence-electron chi connectivity index (χ4n) is 2.18. The lowest BCUT2D eigenvalue weighted by Gasteiger charge is -2.13. The van der Waals surface area contributed by atoms with Gasteiger partial charge in [0, 0.05) is 16.3 Å². The zero-order valence-corrected chi connectivity index (χ0v) is 14.7. The number of aliphatic hydroxyl groups excluding tert-OH is 1. The van der Waals surface area contributed by atoms with Crippen LogP contribution in [0.15, 0.2) is 48.6 Å². The van der Waals surface area contributed by atoms with Crippen LogP contribution in [0.1, 0.15) is 13.8 Å². The maximum absolute atomic E-state index is 11.9. The minimum Gasteiger partial charge on any atom is -0.465 e. The highest BCUT2D eigenvalue weighted by molar-refractivity contribution is 5.94. The molecule has 138 valence electrons. The van der Waals surface area contributed by atoms with Crippen LogP contribution in [-0.2, 0) is 9.53 Å². The molecular weight excluding hydrogens is 338 g/mol. The normalized spacial score (nSPS) is 11.5. The van der Waals surface area contributed by atoms with E-state index in [-0.39, 0.29) is 13.2 Å². The molecule has 7 heteroatoms. The molecule has 0 aliphatic heterocycles. The number of esters is 1. The first kappa shape index (κ1) is 19.3. The van der Waals surface area contributed by atoms with E-state index in [0.29, 0.717) is 27.8 Å². The van der Waals surface area contributed by atoms with E-state index < -0.39 is 18.4 Å². The third-order valence-electron chi connectivity index (χ3n) is 3.30. The van der Waals surface area contributed by atoms with Gasteiger partial charge in [-0.25, -0.2) is 9.59 Å². The second-order valence-corrected chi connectivity index (χ2v) is 5.56. The summed E-state index contributed by atoms with van der Waals surface area (Å²) in [6.45, 7) is 6.64. The summed E-state index contributed by atoms with van der Waals surface area (Å²) in [5.41, 5.74) is 0.290. The highest BCUT2D eigenvalue weighted by Crippen LogP contribution is 2.32. The van der Waals surface area contributed by atoms with Gasteiger partial charge in [0.15, 0.2) is 6.29 Å². The summed E-state index contributed by atoms with van der Waals surface area (Å²) in [6.07, 6.45) is -1.64. The van der Waals surface area contributed by atoms with Crippen molar-refractivity contribution in [3.63, 3.8) is 0 Å². The van der Waals surface area contributed by atoms with Crippen LogP contribution >= 0.6 is 0 Å². The molecule has 1 amide bonds. The zero-order valence-electron chi connectivity index (χ0n) is 14.7. The number of carbonyl (C=O) groups excluding carboxylic acids is 2. The Morgan fingerprint density at radius 2 is 1.77 bits per heavy atom. The fraction of sp³-hybridized carbons (Fsp3) is 0.263. The van der Waals surface area contributed by atoms with Gasteiger partial charge in [-0.1, -0.05) is 30.8 Å². The number of hydrogen-bond donors (Lipinski definition) is 2. The number of fused-ring (bicyclic) bond motifs is 1. The molecule has 0 saturated carbocycles. The molecule has 1 atom stereocenters. The van der Waals surface area contributed by atoms with Crippen molar-refractivity contribution in [1.82, 2.24) is 5.32 Å². The average Bonchev–Trinajstić information content (AvgIpc) is 2.58. The van der Waals surface area contributed by atoms with Crippen molar-refractivity contribution in [3.8, 4) is 11.5 Å². The minimum absolute atomic E-state index is 0.0166. The Balaban J connectivity index is 2.01. The Hall–Kier alpha value is -3.06. The smallest absolute Gasteiger partial charge is 0.412 e. The van der Waals surface area contributed by atoms with Crippen molar-refractivity contribution in [3.05, 3.63) is 48.6 Å². The fourth-order valence-corrected chi connectivity index (χ4v) is 2.18. The lowest BCUT2D eigenvalue weighted by molar-refractivity contribution is -0.138. The third-order valence-corrected chi connectivity index (χ3v) is 3.30. The summed E-state index contributed by atoms with van der Waals surface area (Å²) in [5.74, 6) is 0.310. The molecule has 0 aromatic heterocycles. The molecule has 2 N–H and O–H groups in total. The summed E-state index contributed by atoms with van der Waals surface area (Å²) < 4.78 is 15.5. The first-order chi connectivity index (χ1) is 12.4. The molecule has 2 aromatic carbocycles. The van der Waals surface area contributed by atoms with Gasteiger partial charge in [0.05, 0.1) is 6.54 Å². The van der Waals surface area contributed by atoms with Gasteiger partial charge in [-0.05, 0) is 26.0 Å². The van der Waals surface area contributed by atoms with Gasteiger partial charge >= 0.3 is 12.1 Å². The Kier molecular flexibility index (Phi) is 6.57. The number of benzene rings is 2. The summed E-state index contributed by atoms with van der Waals surface area (Å²) >= 11 is 0. The number of rotatable bonds is 7.